The molecule has 0 fully saturated rings. The largest absolute Gasteiger partial charge is 0.326 e. The van der Waals surface area contributed by atoms with Crippen LogP contribution in [0.2, 0.25) is 0 Å². The first-order valence-corrected chi connectivity index (χ1v) is 4.76. The average Bonchev–Trinajstić information content (AvgIpc) is 2.03. The molecule has 4 N–H and O–H groups in total. The van der Waals surface area contributed by atoms with Crippen molar-refractivity contribution in [3.8, 4) is 0 Å². The van der Waals surface area contributed by atoms with Crippen LogP contribution in [0.3, 0.4) is 0 Å². The van der Waals surface area contributed by atoms with Crippen molar-refractivity contribution in [1.29, 1.82) is 0 Å². The summed E-state index contributed by atoms with van der Waals surface area (Å²) in [5.74, 6) is 0. The maximum absolute atomic E-state index is 10.7. The number of pyridine rings is 1. The van der Waals surface area contributed by atoms with Crippen LogP contribution in [-0.2, 0) is 16.6 Å². The van der Waals surface area contributed by atoms with Crippen molar-refractivity contribution in [2.45, 2.75) is 11.6 Å². The van der Waals surface area contributed by atoms with Gasteiger partial charge in [0, 0.05) is 12.7 Å². The maximum atomic E-state index is 10.7. The van der Waals surface area contributed by atoms with E-state index < -0.39 is 10.0 Å². The molecule has 0 atom stereocenters. The fourth-order valence-electron chi connectivity index (χ4n) is 0.700. The molecule has 1 rings (SSSR count). The number of primary sulfonamides is 1. The highest BCUT2D eigenvalue weighted by Gasteiger charge is 2.07. The number of nitrogens with two attached hydrogens (primary N) is 2. The van der Waals surface area contributed by atoms with E-state index in [0.29, 0.717) is 6.54 Å². The van der Waals surface area contributed by atoms with Crippen LogP contribution in [0.15, 0.2) is 23.4 Å². The van der Waals surface area contributed by atoms with Gasteiger partial charge in [-0.3, -0.25) is 0 Å². The van der Waals surface area contributed by atoms with Gasteiger partial charge in [-0.2, -0.15) is 0 Å². The zero-order chi connectivity index (χ0) is 9.19. The number of hydrogen-bond acceptors (Lipinski definition) is 4. The Bertz CT molecular complexity index is 357. The van der Waals surface area contributed by atoms with Gasteiger partial charge in [0.1, 0.15) is 0 Å². The predicted molar refractivity (Wildman–Crippen MR) is 43.5 cm³/mol. The van der Waals surface area contributed by atoms with Crippen LogP contribution in [0.5, 0.6) is 0 Å². The van der Waals surface area contributed by atoms with Gasteiger partial charge in [-0.1, -0.05) is 6.07 Å². The van der Waals surface area contributed by atoms with Gasteiger partial charge in [-0.15, -0.1) is 0 Å². The molecule has 0 aliphatic heterocycles. The third-order valence-electron chi connectivity index (χ3n) is 1.32. The monoisotopic (exact) mass is 187 g/mol. The molecule has 1 aromatic heterocycles. The lowest BCUT2D eigenvalue weighted by molar-refractivity contribution is 0.594. The SMILES string of the molecule is NCc1ccc(S(N)(=O)=O)nc1. The first-order valence-electron chi connectivity index (χ1n) is 3.22. The third kappa shape index (κ3) is 2.00. The molecule has 12 heavy (non-hydrogen) atoms. The number of aromatic nitrogens is 1. The smallest absolute Gasteiger partial charge is 0.255 e. The normalized spacial score (nSPS) is 11.5. The minimum Gasteiger partial charge on any atom is -0.326 e. The van der Waals surface area contributed by atoms with Gasteiger partial charge in [-0.25, -0.2) is 18.5 Å². The quantitative estimate of drug-likeness (QED) is 0.632. The molecule has 1 heterocycles. The Kier molecular flexibility index (Phi) is 2.41. The second kappa shape index (κ2) is 3.18. The molecule has 0 saturated heterocycles. The summed E-state index contributed by atoms with van der Waals surface area (Å²) in [7, 11) is -3.68. The van der Waals surface area contributed by atoms with Gasteiger partial charge < -0.3 is 5.73 Å². The molecular weight excluding hydrogens is 178 g/mol. The molecule has 66 valence electrons. The van der Waals surface area contributed by atoms with Crippen molar-refractivity contribution >= 4 is 10.0 Å². The number of nitrogens with zero attached hydrogens (tertiary/aromatic N) is 1. The Morgan fingerprint density at radius 3 is 2.42 bits per heavy atom. The molecule has 0 aliphatic carbocycles. The number of sulfonamides is 1. The number of rotatable bonds is 2. The molecule has 0 saturated carbocycles. The Labute approximate surface area is 70.5 Å². The van der Waals surface area contributed by atoms with Gasteiger partial charge >= 0.3 is 0 Å². The van der Waals surface area contributed by atoms with Crippen molar-refractivity contribution in [2.75, 3.05) is 0 Å². The van der Waals surface area contributed by atoms with Crippen LogP contribution in [-0.4, -0.2) is 13.4 Å². The summed E-state index contributed by atoms with van der Waals surface area (Å²) in [5, 5.41) is 4.69. The van der Waals surface area contributed by atoms with Crippen molar-refractivity contribution in [3.63, 3.8) is 0 Å². The van der Waals surface area contributed by atoms with Crippen LogP contribution in [0.1, 0.15) is 5.56 Å². The Hall–Kier alpha value is -0.980. The highest BCUT2D eigenvalue weighted by Crippen LogP contribution is 2.03. The summed E-state index contributed by atoms with van der Waals surface area (Å²) in [6.45, 7) is 0.331. The van der Waals surface area contributed by atoms with Crippen molar-refractivity contribution in [3.05, 3.63) is 23.9 Å². The molecule has 0 spiro atoms. The van der Waals surface area contributed by atoms with E-state index in [1.807, 2.05) is 0 Å². The minimum atomic E-state index is -3.68. The fourth-order valence-corrected chi connectivity index (χ4v) is 1.16. The minimum absolute atomic E-state index is 0.139. The summed E-state index contributed by atoms with van der Waals surface area (Å²) in [5.41, 5.74) is 6.05. The van der Waals surface area contributed by atoms with E-state index in [1.54, 1.807) is 6.07 Å². The Morgan fingerprint density at radius 2 is 2.08 bits per heavy atom. The topological polar surface area (TPSA) is 99.1 Å². The third-order valence-corrected chi connectivity index (χ3v) is 2.15. The van der Waals surface area contributed by atoms with Gasteiger partial charge in [0.2, 0.25) is 0 Å². The van der Waals surface area contributed by atoms with Crippen molar-refractivity contribution in [2.24, 2.45) is 10.9 Å². The van der Waals surface area contributed by atoms with E-state index in [0.717, 1.165) is 5.56 Å². The van der Waals surface area contributed by atoms with Crippen LogP contribution < -0.4 is 10.9 Å². The van der Waals surface area contributed by atoms with E-state index in [-0.39, 0.29) is 5.03 Å². The summed E-state index contributed by atoms with van der Waals surface area (Å²) < 4.78 is 21.4. The van der Waals surface area contributed by atoms with E-state index >= 15 is 0 Å². The maximum Gasteiger partial charge on any atom is 0.255 e. The molecular formula is C6H9N3O2S. The lowest BCUT2D eigenvalue weighted by Crippen LogP contribution is -2.14. The van der Waals surface area contributed by atoms with E-state index in [1.165, 1.54) is 12.3 Å². The summed E-state index contributed by atoms with van der Waals surface area (Å²) in [6.07, 6.45) is 1.39. The highest BCUT2D eigenvalue weighted by molar-refractivity contribution is 7.89. The Morgan fingerprint density at radius 1 is 1.42 bits per heavy atom. The van der Waals surface area contributed by atoms with E-state index in [2.05, 4.69) is 4.98 Å². The first kappa shape index (κ1) is 9.11. The fraction of sp³-hybridized carbons (Fsp3) is 0.167. The predicted octanol–water partition coefficient (Wildman–Crippen LogP) is -0.812. The zero-order valence-corrected chi connectivity index (χ0v) is 7.08. The number of hydrogen-bond donors (Lipinski definition) is 2. The van der Waals surface area contributed by atoms with E-state index in [9.17, 15) is 8.42 Å². The Balaban J connectivity index is 3.09. The van der Waals surface area contributed by atoms with Crippen LogP contribution in [0, 0.1) is 0 Å². The second-order valence-corrected chi connectivity index (χ2v) is 3.76. The summed E-state index contributed by atoms with van der Waals surface area (Å²) >= 11 is 0. The lowest BCUT2D eigenvalue weighted by atomic mass is 10.3. The van der Waals surface area contributed by atoms with Crippen molar-refractivity contribution < 1.29 is 8.42 Å². The zero-order valence-electron chi connectivity index (χ0n) is 6.27. The molecule has 0 amide bonds. The molecule has 6 heteroatoms. The second-order valence-electron chi connectivity index (χ2n) is 2.25. The molecule has 0 bridgehead atoms. The molecule has 0 radical (unpaired) electrons. The van der Waals surface area contributed by atoms with Gasteiger partial charge in [0.25, 0.3) is 10.0 Å². The standard InChI is InChI=1S/C6H9N3O2S/c7-3-5-1-2-6(9-4-5)12(8,10)11/h1-2,4H,3,7H2,(H2,8,10,11). The van der Waals surface area contributed by atoms with E-state index in [4.69, 9.17) is 10.9 Å². The summed E-state index contributed by atoms with van der Waals surface area (Å²) in [4.78, 5) is 3.63. The van der Waals surface area contributed by atoms with Crippen LogP contribution in [0.25, 0.3) is 0 Å². The van der Waals surface area contributed by atoms with Crippen LogP contribution >= 0.6 is 0 Å². The van der Waals surface area contributed by atoms with Crippen LogP contribution in [0.4, 0.5) is 0 Å². The van der Waals surface area contributed by atoms with Gasteiger partial charge in [0.05, 0.1) is 0 Å². The van der Waals surface area contributed by atoms with Gasteiger partial charge in [-0.05, 0) is 11.6 Å². The highest BCUT2D eigenvalue weighted by atomic mass is 32.2. The van der Waals surface area contributed by atoms with Crippen molar-refractivity contribution in [1.82, 2.24) is 4.98 Å². The first-order chi connectivity index (χ1) is 5.54. The van der Waals surface area contributed by atoms with Gasteiger partial charge in [0.15, 0.2) is 5.03 Å². The lowest BCUT2D eigenvalue weighted by Gasteiger charge is -1.97. The average molecular weight is 187 g/mol. The molecule has 0 aliphatic rings. The molecule has 0 aromatic carbocycles. The molecule has 1 aromatic rings. The molecule has 5 nitrogen and oxygen atoms in total. The molecule has 0 unspecified atom stereocenters. The summed E-state index contributed by atoms with van der Waals surface area (Å²) in [6, 6.07) is 2.91.